The van der Waals surface area contributed by atoms with Gasteiger partial charge in [-0.2, -0.15) is 0 Å². The van der Waals surface area contributed by atoms with Crippen molar-refractivity contribution in [3.8, 4) is 0 Å². The first-order valence-electron chi connectivity index (χ1n) is 8.21. The van der Waals surface area contributed by atoms with E-state index >= 15 is 0 Å². The van der Waals surface area contributed by atoms with Gasteiger partial charge in [0.05, 0.1) is 26.2 Å². The number of halogens is 2. The standard InChI is InChI=1S/C16H36N.Au.2HI/c1-5-9-13-17(14-10-6-2,15-11-7-3)16-12-8-4;;;/h5-16H2,1-4H3;;2*1H/q2*+1;;/p-2. The van der Waals surface area contributed by atoms with Crippen LogP contribution in [-0.4, -0.2) is 30.7 Å². The predicted octanol–water partition coefficient (Wildman–Crippen LogP) is 2.89. The SMILES string of the molecule is CCCC[N+](CCCC)(CCCC)CCCC.[I-].[I][Au]. The van der Waals surface area contributed by atoms with Crippen LogP contribution in [-0.2, 0) is 17.3 Å². The first-order valence-corrected chi connectivity index (χ1v) is 14.4. The molecule has 1 nitrogen and oxygen atoms in total. The number of nitrogens with zero attached hydrogens (tertiary/aromatic N) is 1. The maximum atomic E-state index is 2.33. The van der Waals surface area contributed by atoms with Gasteiger partial charge in [-0.05, 0) is 25.7 Å². The molecule has 0 aliphatic carbocycles. The Kier molecular flexibility index (Phi) is 28.6. The maximum absolute atomic E-state index is 2.33. The average Bonchev–Trinajstić information content (AvgIpc) is 2.48. The Labute approximate surface area is 168 Å². The van der Waals surface area contributed by atoms with E-state index in [-0.39, 0.29) is 24.0 Å². The second kappa shape index (κ2) is 21.2. The van der Waals surface area contributed by atoms with Crippen LogP contribution in [0.25, 0.3) is 0 Å². The molecule has 0 saturated carbocycles. The molecule has 0 radical (unpaired) electrons. The molecule has 4 heteroatoms. The van der Waals surface area contributed by atoms with Gasteiger partial charge in [0, 0.05) is 0 Å². The third-order valence-corrected chi connectivity index (χ3v) is 3.94. The van der Waals surface area contributed by atoms with Crippen LogP contribution < -0.4 is 24.0 Å². The van der Waals surface area contributed by atoms with Crippen LogP contribution in [0.2, 0.25) is 0 Å². The molecule has 0 bridgehead atoms. The van der Waals surface area contributed by atoms with Crippen LogP contribution in [0.3, 0.4) is 0 Å². The summed E-state index contributed by atoms with van der Waals surface area (Å²) in [6.45, 7) is 15.0. The molecule has 0 aliphatic heterocycles. The normalized spacial score (nSPS) is 10.6. The summed E-state index contributed by atoms with van der Waals surface area (Å²) in [5.74, 6) is 0. The third-order valence-electron chi connectivity index (χ3n) is 3.94. The van der Waals surface area contributed by atoms with Gasteiger partial charge in [-0.25, -0.2) is 0 Å². The van der Waals surface area contributed by atoms with Crippen molar-refractivity contribution in [3.63, 3.8) is 0 Å². The summed E-state index contributed by atoms with van der Waals surface area (Å²) in [5.41, 5.74) is 0. The van der Waals surface area contributed by atoms with Crippen molar-refractivity contribution in [1.29, 1.82) is 0 Å². The van der Waals surface area contributed by atoms with Gasteiger partial charge in [-0.3, -0.25) is 0 Å². The fourth-order valence-corrected chi connectivity index (χ4v) is 2.64. The first kappa shape index (κ1) is 27.0. The molecule has 20 heavy (non-hydrogen) atoms. The molecule has 0 spiro atoms. The van der Waals surface area contributed by atoms with Crippen molar-refractivity contribution < 1.29 is 45.7 Å². The Morgan fingerprint density at radius 2 is 0.800 bits per heavy atom. The van der Waals surface area contributed by atoms with Gasteiger partial charge in [0.1, 0.15) is 0 Å². The second-order valence-electron chi connectivity index (χ2n) is 5.65. The topological polar surface area (TPSA) is 0 Å². The Morgan fingerprint density at radius 1 is 0.600 bits per heavy atom. The van der Waals surface area contributed by atoms with Crippen molar-refractivity contribution in [2.75, 3.05) is 26.2 Å². The molecule has 0 aromatic rings. The first-order chi connectivity index (χ1) is 9.24. The van der Waals surface area contributed by atoms with E-state index in [2.05, 4.69) is 64.0 Å². The Morgan fingerprint density at radius 3 is 0.950 bits per heavy atom. The van der Waals surface area contributed by atoms with Crippen LogP contribution in [0, 0.1) is 0 Å². The Bertz CT molecular complexity index is 131. The number of hydrogen-bond acceptors (Lipinski definition) is 0. The monoisotopic (exact) mass is 693 g/mol. The molecule has 0 saturated heterocycles. The summed E-state index contributed by atoms with van der Waals surface area (Å²) in [7, 11) is 0. The van der Waals surface area contributed by atoms with E-state index in [4.69, 9.17) is 0 Å². The van der Waals surface area contributed by atoms with E-state index in [0.29, 0.717) is 0 Å². The summed E-state index contributed by atoms with van der Waals surface area (Å²) in [4.78, 5) is 0. The van der Waals surface area contributed by atoms with Crippen LogP contribution in [0.5, 0.6) is 0 Å². The second-order valence-corrected chi connectivity index (χ2v) is 5.65. The van der Waals surface area contributed by atoms with Crippen molar-refractivity contribution >= 4 is 19.0 Å². The number of rotatable bonds is 12. The van der Waals surface area contributed by atoms with Crippen LogP contribution in [0.15, 0.2) is 0 Å². The summed E-state index contributed by atoms with van der Waals surface area (Å²) < 4.78 is 1.42. The minimum absolute atomic E-state index is 0. The zero-order valence-corrected chi connectivity index (χ0v) is 20.5. The molecule has 0 amide bonds. The Hall–Kier alpha value is 2.16. The zero-order valence-electron chi connectivity index (χ0n) is 14.0. The third kappa shape index (κ3) is 15.1. The summed E-state index contributed by atoms with van der Waals surface area (Å²) in [5, 5.41) is 0. The van der Waals surface area contributed by atoms with E-state index in [1.807, 2.05) is 0 Å². The molecule has 0 rings (SSSR count). The number of unbranched alkanes of at least 4 members (excludes halogenated alkanes) is 4. The van der Waals surface area contributed by atoms with Crippen LogP contribution in [0.4, 0.5) is 0 Å². The van der Waals surface area contributed by atoms with Crippen molar-refractivity contribution in [3.05, 3.63) is 0 Å². The number of hydrogen-bond donors (Lipinski definition) is 0. The quantitative estimate of drug-likeness (QED) is 0.168. The van der Waals surface area contributed by atoms with Crippen LogP contribution >= 0.6 is 19.0 Å². The molecule has 0 atom stereocenters. The van der Waals surface area contributed by atoms with Gasteiger partial charge in [-0.1, -0.05) is 53.4 Å². The number of quaternary nitrogens is 1. The van der Waals surface area contributed by atoms with Crippen molar-refractivity contribution in [1.82, 2.24) is 0 Å². The predicted molar refractivity (Wildman–Crippen MR) is 93.4 cm³/mol. The van der Waals surface area contributed by atoms with E-state index in [0.717, 1.165) is 0 Å². The summed E-state index contributed by atoms with van der Waals surface area (Å²) >= 11 is 4.34. The van der Waals surface area contributed by atoms with Gasteiger partial charge in [0.25, 0.3) is 0 Å². The zero-order chi connectivity index (χ0) is 15.0. The molecule has 0 aromatic carbocycles. The molecule has 0 aliphatic rings. The molecule has 0 fully saturated rings. The minimum atomic E-state index is 0. The fraction of sp³-hybridized carbons (Fsp3) is 1.00. The fourth-order valence-electron chi connectivity index (χ4n) is 2.64. The molecule has 0 heterocycles. The average molecular weight is 693 g/mol. The van der Waals surface area contributed by atoms with E-state index < -0.39 is 0 Å². The van der Waals surface area contributed by atoms with Gasteiger partial charge in [0.15, 0.2) is 0 Å². The van der Waals surface area contributed by atoms with Crippen LogP contribution in [0.1, 0.15) is 79.1 Å². The molecular weight excluding hydrogens is 657 g/mol. The summed E-state index contributed by atoms with van der Waals surface area (Å²) in [6.07, 6.45) is 11.1. The summed E-state index contributed by atoms with van der Waals surface area (Å²) in [6, 6.07) is 0. The van der Waals surface area contributed by atoms with Gasteiger partial charge >= 0.3 is 36.3 Å². The van der Waals surface area contributed by atoms with E-state index in [1.54, 1.807) is 0 Å². The molecule has 0 aromatic heterocycles. The molecule has 0 unspecified atom stereocenters. The van der Waals surface area contributed by atoms with E-state index in [9.17, 15) is 0 Å². The molecule has 130 valence electrons. The van der Waals surface area contributed by atoms with Crippen molar-refractivity contribution in [2.24, 2.45) is 0 Å². The van der Waals surface area contributed by atoms with Gasteiger partial charge in [0.2, 0.25) is 0 Å². The Balaban J connectivity index is -0.000000916. The van der Waals surface area contributed by atoms with Gasteiger partial charge < -0.3 is 28.5 Å². The molecular formula is C16H36AuI2N. The van der Waals surface area contributed by atoms with Gasteiger partial charge in [-0.15, -0.1) is 0 Å². The molecule has 0 N–H and O–H groups in total. The van der Waals surface area contributed by atoms with E-state index in [1.165, 1.54) is 82.0 Å². The van der Waals surface area contributed by atoms with Crippen molar-refractivity contribution in [2.45, 2.75) is 79.1 Å².